The highest BCUT2D eigenvalue weighted by molar-refractivity contribution is 5.84. The molecule has 1 saturated carbocycles. The van der Waals surface area contributed by atoms with Gasteiger partial charge in [0.15, 0.2) is 0 Å². The third-order valence-corrected chi connectivity index (χ3v) is 3.05. The second-order valence-electron chi connectivity index (χ2n) is 4.24. The Morgan fingerprint density at radius 1 is 0.769 bits per heavy atom. The fraction of sp³-hybridized carbons (Fsp3) is 0.909. The van der Waals surface area contributed by atoms with Crippen LogP contribution < -0.4 is 0 Å². The summed E-state index contributed by atoms with van der Waals surface area (Å²) in [6.45, 7) is 2.40. The van der Waals surface area contributed by atoms with Crippen molar-refractivity contribution in [3.63, 3.8) is 0 Å². The molecule has 2 rings (SSSR count). The molecule has 0 atom stereocenters. The molecular formula is C11H20N2. The van der Waals surface area contributed by atoms with Crippen LogP contribution in [0.5, 0.6) is 0 Å². The lowest BCUT2D eigenvalue weighted by Gasteiger charge is -2.25. The molecular weight excluding hydrogens is 160 g/mol. The van der Waals surface area contributed by atoms with E-state index in [-0.39, 0.29) is 0 Å². The molecule has 2 fully saturated rings. The van der Waals surface area contributed by atoms with Gasteiger partial charge in [0, 0.05) is 18.8 Å². The van der Waals surface area contributed by atoms with E-state index in [1.165, 1.54) is 70.2 Å². The number of hydrogen-bond acceptors (Lipinski definition) is 2. The van der Waals surface area contributed by atoms with E-state index in [9.17, 15) is 0 Å². The first kappa shape index (κ1) is 9.04. The van der Waals surface area contributed by atoms with Crippen LogP contribution >= 0.6 is 0 Å². The maximum Gasteiger partial charge on any atom is 0.0380 e. The van der Waals surface area contributed by atoms with Crippen LogP contribution in [0.4, 0.5) is 0 Å². The summed E-state index contributed by atoms with van der Waals surface area (Å²) in [7, 11) is 0. The van der Waals surface area contributed by atoms with Crippen LogP contribution in [0.1, 0.15) is 51.4 Å². The normalized spacial score (nSPS) is 24.6. The maximum absolute atomic E-state index is 4.74. The molecule has 1 saturated heterocycles. The van der Waals surface area contributed by atoms with Crippen LogP contribution in [0.15, 0.2) is 5.10 Å². The molecule has 13 heavy (non-hydrogen) atoms. The fourth-order valence-corrected chi connectivity index (χ4v) is 2.24. The van der Waals surface area contributed by atoms with Crippen molar-refractivity contribution in [1.29, 1.82) is 0 Å². The highest BCUT2D eigenvalue weighted by Crippen LogP contribution is 2.17. The molecule has 1 aliphatic heterocycles. The second-order valence-corrected chi connectivity index (χ2v) is 4.24. The summed E-state index contributed by atoms with van der Waals surface area (Å²) in [5.74, 6) is 0. The molecule has 0 aromatic carbocycles. The average Bonchev–Trinajstić information content (AvgIpc) is 2.21. The van der Waals surface area contributed by atoms with Crippen LogP contribution in [0, 0.1) is 0 Å². The quantitative estimate of drug-likeness (QED) is 0.606. The summed E-state index contributed by atoms with van der Waals surface area (Å²) in [6.07, 6.45) is 10.8. The van der Waals surface area contributed by atoms with E-state index in [1.807, 2.05) is 0 Å². The van der Waals surface area contributed by atoms with Crippen LogP contribution in [0.25, 0.3) is 0 Å². The fourth-order valence-electron chi connectivity index (χ4n) is 2.24. The molecule has 0 aromatic heterocycles. The Bertz CT molecular complexity index is 173. The van der Waals surface area contributed by atoms with Crippen LogP contribution in [0.2, 0.25) is 0 Å². The van der Waals surface area contributed by atoms with Crippen molar-refractivity contribution in [3.8, 4) is 0 Å². The topological polar surface area (TPSA) is 15.6 Å². The Kier molecular flexibility index (Phi) is 3.22. The third-order valence-electron chi connectivity index (χ3n) is 3.05. The second kappa shape index (κ2) is 4.64. The molecule has 1 heterocycles. The van der Waals surface area contributed by atoms with E-state index in [0.29, 0.717) is 0 Å². The van der Waals surface area contributed by atoms with E-state index >= 15 is 0 Å². The molecule has 74 valence electrons. The van der Waals surface area contributed by atoms with Crippen molar-refractivity contribution in [3.05, 3.63) is 0 Å². The lowest BCUT2D eigenvalue weighted by atomic mass is 9.99. The van der Waals surface area contributed by atoms with Gasteiger partial charge in [-0.3, -0.25) is 5.01 Å². The third kappa shape index (κ3) is 2.71. The lowest BCUT2D eigenvalue weighted by molar-refractivity contribution is 0.237. The maximum atomic E-state index is 4.74. The Morgan fingerprint density at radius 3 is 2.08 bits per heavy atom. The average molecular weight is 180 g/mol. The summed E-state index contributed by atoms with van der Waals surface area (Å²) in [6, 6.07) is 0. The Balaban J connectivity index is 1.85. The SMILES string of the molecule is C1CCC(=NN2CCCCC2)CC1. The van der Waals surface area contributed by atoms with E-state index in [1.54, 1.807) is 0 Å². The van der Waals surface area contributed by atoms with Gasteiger partial charge in [-0.05, 0) is 44.9 Å². The molecule has 0 amide bonds. The van der Waals surface area contributed by atoms with Gasteiger partial charge in [0.25, 0.3) is 0 Å². The molecule has 0 aromatic rings. The van der Waals surface area contributed by atoms with Gasteiger partial charge in [0.2, 0.25) is 0 Å². The van der Waals surface area contributed by atoms with E-state index in [2.05, 4.69) is 5.01 Å². The molecule has 0 bridgehead atoms. The van der Waals surface area contributed by atoms with Crippen molar-refractivity contribution >= 4 is 5.71 Å². The summed E-state index contributed by atoms with van der Waals surface area (Å²) in [5.41, 5.74) is 1.47. The van der Waals surface area contributed by atoms with Gasteiger partial charge in [0.1, 0.15) is 0 Å². The number of hydrogen-bond donors (Lipinski definition) is 0. The zero-order valence-electron chi connectivity index (χ0n) is 8.47. The van der Waals surface area contributed by atoms with Crippen LogP contribution in [-0.4, -0.2) is 23.8 Å². The first-order valence-corrected chi connectivity index (χ1v) is 5.76. The smallest absolute Gasteiger partial charge is 0.0380 e. The van der Waals surface area contributed by atoms with Gasteiger partial charge in [-0.25, -0.2) is 0 Å². The lowest BCUT2D eigenvalue weighted by Crippen LogP contribution is -2.26. The van der Waals surface area contributed by atoms with Gasteiger partial charge < -0.3 is 0 Å². The molecule has 0 unspecified atom stereocenters. The monoisotopic (exact) mass is 180 g/mol. The molecule has 2 heteroatoms. The van der Waals surface area contributed by atoms with E-state index < -0.39 is 0 Å². The van der Waals surface area contributed by atoms with Crippen molar-refractivity contribution in [2.75, 3.05) is 13.1 Å². The molecule has 1 aliphatic carbocycles. The van der Waals surface area contributed by atoms with Crippen molar-refractivity contribution in [1.82, 2.24) is 5.01 Å². The molecule has 0 N–H and O–H groups in total. The summed E-state index contributed by atoms with van der Waals surface area (Å²) < 4.78 is 0. The van der Waals surface area contributed by atoms with Crippen molar-refractivity contribution in [2.45, 2.75) is 51.4 Å². The van der Waals surface area contributed by atoms with Gasteiger partial charge in [0.05, 0.1) is 0 Å². The Labute approximate surface area is 81.0 Å². The zero-order valence-corrected chi connectivity index (χ0v) is 8.47. The van der Waals surface area contributed by atoms with Crippen LogP contribution in [0.3, 0.4) is 0 Å². The van der Waals surface area contributed by atoms with E-state index in [4.69, 9.17) is 5.10 Å². The van der Waals surface area contributed by atoms with Crippen LogP contribution in [-0.2, 0) is 0 Å². The van der Waals surface area contributed by atoms with Gasteiger partial charge in [-0.2, -0.15) is 5.10 Å². The number of hydrazone groups is 1. The molecule has 0 spiro atoms. The largest absolute Gasteiger partial charge is 0.297 e. The van der Waals surface area contributed by atoms with Gasteiger partial charge in [-0.1, -0.05) is 6.42 Å². The van der Waals surface area contributed by atoms with Gasteiger partial charge >= 0.3 is 0 Å². The predicted molar refractivity (Wildman–Crippen MR) is 55.9 cm³/mol. The summed E-state index contributed by atoms with van der Waals surface area (Å²) >= 11 is 0. The standard InChI is InChI=1S/C11H20N2/c1-3-7-11(8-4-1)12-13-9-5-2-6-10-13/h1-10H2. The minimum atomic E-state index is 1.20. The van der Waals surface area contributed by atoms with Crippen molar-refractivity contribution in [2.24, 2.45) is 5.10 Å². The molecule has 0 radical (unpaired) electrons. The highest BCUT2D eigenvalue weighted by Gasteiger charge is 2.11. The number of nitrogens with zero attached hydrogens (tertiary/aromatic N) is 2. The molecule has 2 aliphatic rings. The summed E-state index contributed by atoms with van der Waals surface area (Å²) in [4.78, 5) is 0. The number of piperidine rings is 1. The first-order chi connectivity index (χ1) is 6.45. The van der Waals surface area contributed by atoms with Crippen molar-refractivity contribution < 1.29 is 0 Å². The zero-order chi connectivity index (χ0) is 8.93. The first-order valence-electron chi connectivity index (χ1n) is 5.76. The minimum Gasteiger partial charge on any atom is -0.297 e. The summed E-state index contributed by atoms with van der Waals surface area (Å²) in [5, 5.41) is 7.04. The predicted octanol–water partition coefficient (Wildman–Crippen LogP) is 2.79. The Hall–Kier alpha value is -0.530. The van der Waals surface area contributed by atoms with E-state index in [0.717, 1.165) is 0 Å². The highest BCUT2D eigenvalue weighted by atomic mass is 15.5. The number of rotatable bonds is 1. The Morgan fingerprint density at radius 2 is 1.38 bits per heavy atom. The molecule has 2 nitrogen and oxygen atoms in total. The van der Waals surface area contributed by atoms with Gasteiger partial charge in [-0.15, -0.1) is 0 Å². The minimum absolute atomic E-state index is 1.20.